The highest BCUT2D eigenvalue weighted by atomic mass is 19.1. The maximum Gasteiger partial charge on any atom is 0.175 e. The average molecular weight is 208 g/mol. The summed E-state index contributed by atoms with van der Waals surface area (Å²) in [7, 11) is 0. The van der Waals surface area contributed by atoms with Crippen molar-refractivity contribution >= 4 is 11.6 Å². The monoisotopic (exact) mass is 208 g/mol. The molecule has 3 heteroatoms. The van der Waals surface area contributed by atoms with E-state index in [9.17, 15) is 14.0 Å². The molecule has 0 spiro atoms. The minimum absolute atomic E-state index is 0.0108. The van der Waals surface area contributed by atoms with E-state index in [4.69, 9.17) is 0 Å². The summed E-state index contributed by atoms with van der Waals surface area (Å²) in [6.45, 7) is 4.56. The summed E-state index contributed by atoms with van der Waals surface area (Å²) < 4.78 is 13.4. The quantitative estimate of drug-likeness (QED) is 0.565. The molecule has 0 saturated carbocycles. The van der Waals surface area contributed by atoms with Crippen LogP contribution in [0.3, 0.4) is 0 Å². The molecule has 0 aliphatic rings. The molecule has 80 valence electrons. The van der Waals surface area contributed by atoms with Crippen molar-refractivity contribution in [2.75, 3.05) is 0 Å². The molecule has 0 amide bonds. The fraction of sp³-hybridized carbons (Fsp3) is 0.333. The van der Waals surface area contributed by atoms with Crippen molar-refractivity contribution in [2.24, 2.45) is 5.92 Å². The molecule has 0 aromatic heterocycles. The normalized spacial score (nSPS) is 12.3. The van der Waals surface area contributed by atoms with Crippen molar-refractivity contribution in [3.63, 3.8) is 0 Å². The van der Waals surface area contributed by atoms with Crippen molar-refractivity contribution in [3.05, 3.63) is 35.1 Å². The first-order chi connectivity index (χ1) is 6.93. The van der Waals surface area contributed by atoms with E-state index in [1.165, 1.54) is 26.0 Å². The topological polar surface area (TPSA) is 34.1 Å². The highest BCUT2D eigenvalue weighted by Crippen LogP contribution is 2.15. The Morgan fingerprint density at radius 1 is 1.33 bits per heavy atom. The lowest BCUT2D eigenvalue weighted by atomic mass is 9.95. The molecule has 2 nitrogen and oxygen atoms in total. The lowest BCUT2D eigenvalue weighted by molar-refractivity contribution is -0.118. The van der Waals surface area contributed by atoms with E-state index in [2.05, 4.69) is 0 Å². The number of aryl methyl sites for hydroxylation is 1. The summed E-state index contributed by atoms with van der Waals surface area (Å²) in [6.07, 6.45) is 0. The number of Topliss-reactive ketones (excluding diaryl/α,β-unsaturated/α-hetero) is 2. The van der Waals surface area contributed by atoms with Crippen molar-refractivity contribution in [2.45, 2.75) is 20.8 Å². The maximum absolute atomic E-state index is 13.4. The first-order valence-corrected chi connectivity index (χ1v) is 4.74. The van der Waals surface area contributed by atoms with Gasteiger partial charge in [-0.2, -0.15) is 0 Å². The lowest BCUT2D eigenvalue weighted by Gasteiger charge is -2.07. The maximum atomic E-state index is 13.4. The molecule has 1 atom stereocenters. The first-order valence-electron chi connectivity index (χ1n) is 4.74. The van der Waals surface area contributed by atoms with Crippen LogP contribution in [0.4, 0.5) is 4.39 Å². The largest absolute Gasteiger partial charge is 0.299 e. The Kier molecular flexibility index (Phi) is 3.35. The Balaban J connectivity index is 3.07. The number of carbonyl (C=O) groups excluding carboxylic acids is 2. The van der Waals surface area contributed by atoms with E-state index in [-0.39, 0.29) is 11.3 Å². The van der Waals surface area contributed by atoms with Crippen molar-refractivity contribution in [1.29, 1.82) is 0 Å². The van der Waals surface area contributed by atoms with Crippen molar-refractivity contribution < 1.29 is 14.0 Å². The van der Waals surface area contributed by atoms with Gasteiger partial charge in [0.05, 0.1) is 11.5 Å². The van der Waals surface area contributed by atoms with Crippen LogP contribution < -0.4 is 0 Å². The van der Waals surface area contributed by atoms with E-state index in [1.54, 1.807) is 13.0 Å². The molecule has 0 radical (unpaired) electrons. The van der Waals surface area contributed by atoms with Gasteiger partial charge in [-0.15, -0.1) is 0 Å². The molecule has 1 rings (SSSR count). The molecule has 0 fully saturated rings. The van der Waals surface area contributed by atoms with Crippen LogP contribution in [-0.2, 0) is 4.79 Å². The van der Waals surface area contributed by atoms with Gasteiger partial charge < -0.3 is 0 Å². The van der Waals surface area contributed by atoms with Gasteiger partial charge in [-0.1, -0.05) is 6.07 Å². The van der Waals surface area contributed by atoms with Gasteiger partial charge in [0.1, 0.15) is 11.6 Å². The van der Waals surface area contributed by atoms with Crippen LogP contribution in [0.1, 0.15) is 29.8 Å². The first kappa shape index (κ1) is 11.6. The number of hydrogen-bond acceptors (Lipinski definition) is 2. The molecule has 0 bridgehead atoms. The molecule has 0 saturated heterocycles. The molecule has 0 aliphatic heterocycles. The molecule has 0 aliphatic carbocycles. The van der Waals surface area contributed by atoms with Crippen molar-refractivity contribution in [1.82, 2.24) is 0 Å². The summed E-state index contributed by atoms with van der Waals surface area (Å²) in [4.78, 5) is 22.7. The predicted molar refractivity (Wildman–Crippen MR) is 55.3 cm³/mol. The van der Waals surface area contributed by atoms with Gasteiger partial charge in [0.25, 0.3) is 0 Å². The van der Waals surface area contributed by atoms with E-state index < -0.39 is 17.5 Å². The van der Waals surface area contributed by atoms with Crippen LogP contribution in [0.25, 0.3) is 0 Å². The van der Waals surface area contributed by atoms with Gasteiger partial charge in [-0.05, 0) is 38.5 Å². The van der Waals surface area contributed by atoms with Crippen LogP contribution in [0.5, 0.6) is 0 Å². The minimum Gasteiger partial charge on any atom is -0.299 e. The summed E-state index contributed by atoms with van der Waals surface area (Å²) in [5.41, 5.74) is 0.739. The predicted octanol–water partition coefficient (Wildman–Crippen LogP) is 2.54. The minimum atomic E-state index is -0.776. The summed E-state index contributed by atoms with van der Waals surface area (Å²) in [6, 6.07) is 4.37. The second-order valence-electron chi connectivity index (χ2n) is 3.68. The Labute approximate surface area is 88.1 Å². The second-order valence-corrected chi connectivity index (χ2v) is 3.68. The van der Waals surface area contributed by atoms with E-state index in [0.29, 0.717) is 0 Å². The molecular formula is C12H13FO2. The van der Waals surface area contributed by atoms with Crippen LogP contribution >= 0.6 is 0 Å². The zero-order valence-electron chi connectivity index (χ0n) is 9.00. The third kappa shape index (κ3) is 2.49. The smallest absolute Gasteiger partial charge is 0.175 e. The highest BCUT2D eigenvalue weighted by molar-refractivity contribution is 6.09. The van der Waals surface area contributed by atoms with Crippen LogP contribution in [0.2, 0.25) is 0 Å². The van der Waals surface area contributed by atoms with Gasteiger partial charge in [-0.3, -0.25) is 9.59 Å². The van der Waals surface area contributed by atoms with Gasteiger partial charge in [-0.25, -0.2) is 4.39 Å². The third-order valence-corrected chi connectivity index (χ3v) is 2.39. The van der Waals surface area contributed by atoms with Gasteiger partial charge in [0, 0.05) is 0 Å². The molecule has 0 N–H and O–H groups in total. The Morgan fingerprint density at radius 2 is 1.93 bits per heavy atom. The number of carbonyl (C=O) groups is 2. The van der Waals surface area contributed by atoms with Gasteiger partial charge >= 0.3 is 0 Å². The number of halogens is 1. The van der Waals surface area contributed by atoms with Crippen LogP contribution in [0, 0.1) is 18.7 Å². The summed E-state index contributed by atoms with van der Waals surface area (Å²) in [5.74, 6) is -2.05. The molecule has 0 heterocycles. The van der Waals surface area contributed by atoms with Crippen LogP contribution in [-0.4, -0.2) is 11.6 Å². The molecule has 1 aromatic rings. The van der Waals surface area contributed by atoms with Crippen molar-refractivity contribution in [3.8, 4) is 0 Å². The second kappa shape index (κ2) is 4.34. The molecule has 15 heavy (non-hydrogen) atoms. The highest BCUT2D eigenvalue weighted by Gasteiger charge is 2.21. The summed E-state index contributed by atoms with van der Waals surface area (Å²) in [5, 5.41) is 0. The Morgan fingerprint density at radius 3 is 2.40 bits per heavy atom. The molecular weight excluding hydrogens is 195 g/mol. The Hall–Kier alpha value is -1.51. The lowest BCUT2D eigenvalue weighted by Crippen LogP contribution is -2.19. The van der Waals surface area contributed by atoms with Crippen LogP contribution in [0.15, 0.2) is 18.2 Å². The number of benzene rings is 1. The molecule has 1 aromatic carbocycles. The number of ketones is 2. The van der Waals surface area contributed by atoms with Gasteiger partial charge in [0.2, 0.25) is 0 Å². The summed E-state index contributed by atoms with van der Waals surface area (Å²) >= 11 is 0. The third-order valence-electron chi connectivity index (χ3n) is 2.39. The number of hydrogen-bond donors (Lipinski definition) is 0. The fourth-order valence-corrected chi connectivity index (χ4v) is 1.24. The van der Waals surface area contributed by atoms with E-state index in [0.717, 1.165) is 5.56 Å². The number of rotatable bonds is 3. The standard InChI is InChI=1S/C12H13FO2/c1-7-4-5-10(11(13)6-7)12(15)8(2)9(3)14/h4-6,8H,1-3H3. The Bertz CT molecular complexity index is 410. The molecule has 1 unspecified atom stereocenters. The van der Waals surface area contributed by atoms with E-state index in [1.807, 2.05) is 0 Å². The zero-order valence-corrected chi connectivity index (χ0v) is 9.00. The SMILES string of the molecule is CC(=O)C(C)C(=O)c1ccc(C)cc1F. The zero-order chi connectivity index (χ0) is 11.6. The average Bonchev–Trinajstić information content (AvgIpc) is 2.15. The fourth-order valence-electron chi connectivity index (χ4n) is 1.24. The van der Waals surface area contributed by atoms with Gasteiger partial charge in [0.15, 0.2) is 5.78 Å². The van der Waals surface area contributed by atoms with E-state index >= 15 is 0 Å².